The monoisotopic (exact) mass is 290 g/mol. The molecule has 2 fully saturated rings. The summed E-state index contributed by atoms with van der Waals surface area (Å²) in [4.78, 5) is 27.7. The smallest absolute Gasteiger partial charge is 0.225 e. The van der Waals surface area contributed by atoms with Crippen LogP contribution < -0.4 is 0 Å². The van der Waals surface area contributed by atoms with E-state index in [4.69, 9.17) is 0 Å². The van der Waals surface area contributed by atoms with Crippen molar-refractivity contribution in [3.63, 3.8) is 0 Å². The van der Waals surface area contributed by atoms with Gasteiger partial charge in [0.2, 0.25) is 11.8 Å². The van der Waals surface area contributed by atoms with E-state index in [1.807, 2.05) is 15.9 Å². The molecule has 0 radical (unpaired) electrons. The molecular formula is C15H22N4O2. The standard InChI is InChI=1S/C15H22N4O2/c1-11(20)18-7-3-12(4-8-18)15(21)19-9-5-13(10-19)14-2-6-16-17-14/h2,6,12-13H,3-5,7-10H2,1H3,(H,16,17)/t13-/m0/s1. The van der Waals surface area contributed by atoms with Crippen molar-refractivity contribution in [3.05, 3.63) is 18.0 Å². The third kappa shape index (κ3) is 2.94. The minimum absolute atomic E-state index is 0.0844. The molecule has 3 heterocycles. The number of rotatable bonds is 2. The highest BCUT2D eigenvalue weighted by molar-refractivity contribution is 5.80. The molecule has 2 amide bonds. The number of piperidine rings is 1. The molecule has 21 heavy (non-hydrogen) atoms. The molecule has 1 aromatic heterocycles. The molecule has 1 atom stereocenters. The number of amides is 2. The van der Waals surface area contributed by atoms with Crippen LogP contribution in [0, 0.1) is 5.92 Å². The van der Waals surface area contributed by atoms with Crippen molar-refractivity contribution in [2.24, 2.45) is 5.92 Å². The van der Waals surface area contributed by atoms with Gasteiger partial charge in [0.25, 0.3) is 0 Å². The van der Waals surface area contributed by atoms with Gasteiger partial charge in [-0.25, -0.2) is 0 Å². The van der Waals surface area contributed by atoms with Crippen LogP contribution in [0.3, 0.4) is 0 Å². The maximum absolute atomic E-state index is 12.6. The summed E-state index contributed by atoms with van der Waals surface area (Å²) in [5.41, 5.74) is 1.12. The Morgan fingerprint density at radius 1 is 1.19 bits per heavy atom. The number of H-pyrrole nitrogens is 1. The van der Waals surface area contributed by atoms with Gasteiger partial charge in [0.1, 0.15) is 0 Å². The van der Waals surface area contributed by atoms with Gasteiger partial charge in [-0.05, 0) is 25.3 Å². The van der Waals surface area contributed by atoms with Crippen LogP contribution in [-0.2, 0) is 9.59 Å². The number of carbonyl (C=O) groups excluding carboxylic acids is 2. The number of likely N-dealkylation sites (tertiary alicyclic amines) is 2. The molecule has 3 rings (SSSR count). The van der Waals surface area contributed by atoms with Crippen molar-refractivity contribution in [3.8, 4) is 0 Å². The molecule has 6 heteroatoms. The summed E-state index contributed by atoms with van der Waals surface area (Å²) in [7, 11) is 0. The first-order valence-corrected chi connectivity index (χ1v) is 7.68. The van der Waals surface area contributed by atoms with E-state index in [9.17, 15) is 9.59 Å². The number of hydrogen-bond donors (Lipinski definition) is 1. The van der Waals surface area contributed by atoms with E-state index in [0.29, 0.717) is 19.0 Å². The van der Waals surface area contributed by atoms with Crippen LogP contribution in [0.15, 0.2) is 12.3 Å². The first-order valence-electron chi connectivity index (χ1n) is 7.68. The summed E-state index contributed by atoms with van der Waals surface area (Å²) >= 11 is 0. The first-order chi connectivity index (χ1) is 10.1. The predicted molar refractivity (Wildman–Crippen MR) is 77.5 cm³/mol. The van der Waals surface area contributed by atoms with Crippen LogP contribution in [0.1, 0.15) is 37.8 Å². The van der Waals surface area contributed by atoms with Gasteiger partial charge in [0, 0.05) is 56.8 Å². The van der Waals surface area contributed by atoms with Gasteiger partial charge in [-0.3, -0.25) is 14.7 Å². The van der Waals surface area contributed by atoms with Crippen LogP contribution in [0.4, 0.5) is 0 Å². The van der Waals surface area contributed by atoms with E-state index in [0.717, 1.165) is 38.0 Å². The Balaban J connectivity index is 1.54. The summed E-state index contributed by atoms with van der Waals surface area (Å²) < 4.78 is 0. The molecular weight excluding hydrogens is 268 g/mol. The summed E-state index contributed by atoms with van der Waals surface area (Å²) in [6.07, 6.45) is 4.35. The van der Waals surface area contributed by atoms with Gasteiger partial charge in [-0.1, -0.05) is 0 Å². The Kier molecular flexibility index (Phi) is 3.94. The molecule has 114 valence electrons. The average molecular weight is 290 g/mol. The van der Waals surface area contributed by atoms with Crippen LogP contribution in [-0.4, -0.2) is 58.0 Å². The van der Waals surface area contributed by atoms with Gasteiger partial charge in [0.05, 0.1) is 0 Å². The molecule has 0 bridgehead atoms. The van der Waals surface area contributed by atoms with E-state index in [2.05, 4.69) is 10.2 Å². The minimum atomic E-state index is 0.0844. The van der Waals surface area contributed by atoms with Gasteiger partial charge in [-0.2, -0.15) is 5.10 Å². The first kappa shape index (κ1) is 14.1. The second-order valence-corrected chi connectivity index (χ2v) is 6.06. The summed E-state index contributed by atoms with van der Waals surface area (Å²) in [5.74, 6) is 0.844. The van der Waals surface area contributed by atoms with Crippen molar-refractivity contribution in [1.29, 1.82) is 0 Å². The lowest BCUT2D eigenvalue weighted by atomic mass is 9.95. The lowest BCUT2D eigenvalue weighted by Gasteiger charge is -2.32. The van der Waals surface area contributed by atoms with Crippen molar-refractivity contribution >= 4 is 11.8 Å². The van der Waals surface area contributed by atoms with Crippen molar-refractivity contribution in [2.45, 2.75) is 32.1 Å². The molecule has 0 saturated carbocycles. The number of aromatic nitrogens is 2. The molecule has 2 saturated heterocycles. The lowest BCUT2D eigenvalue weighted by Crippen LogP contribution is -2.43. The molecule has 0 unspecified atom stereocenters. The van der Waals surface area contributed by atoms with Gasteiger partial charge in [-0.15, -0.1) is 0 Å². The third-order valence-corrected chi connectivity index (χ3v) is 4.75. The Labute approximate surface area is 124 Å². The van der Waals surface area contributed by atoms with Crippen LogP contribution in [0.5, 0.6) is 0 Å². The number of aromatic amines is 1. The molecule has 1 aromatic rings. The maximum atomic E-state index is 12.6. The fourth-order valence-corrected chi connectivity index (χ4v) is 3.41. The topological polar surface area (TPSA) is 69.3 Å². The van der Waals surface area contributed by atoms with Crippen LogP contribution in [0.2, 0.25) is 0 Å². The van der Waals surface area contributed by atoms with Gasteiger partial charge >= 0.3 is 0 Å². The molecule has 0 spiro atoms. The van der Waals surface area contributed by atoms with Gasteiger partial charge in [0.15, 0.2) is 0 Å². The third-order valence-electron chi connectivity index (χ3n) is 4.75. The second-order valence-electron chi connectivity index (χ2n) is 6.06. The fourth-order valence-electron chi connectivity index (χ4n) is 3.41. The quantitative estimate of drug-likeness (QED) is 0.883. The molecule has 1 N–H and O–H groups in total. The maximum Gasteiger partial charge on any atom is 0.225 e. The number of hydrogen-bond acceptors (Lipinski definition) is 3. The van der Waals surface area contributed by atoms with E-state index < -0.39 is 0 Å². The van der Waals surface area contributed by atoms with Crippen LogP contribution >= 0.6 is 0 Å². The Bertz CT molecular complexity index is 506. The number of nitrogens with zero attached hydrogens (tertiary/aromatic N) is 3. The zero-order valence-corrected chi connectivity index (χ0v) is 12.4. The minimum Gasteiger partial charge on any atom is -0.343 e. The van der Waals surface area contributed by atoms with Crippen LogP contribution in [0.25, 0.3) is 0 Å². The predicted octanol–water partition coefficient (Wildman–Crippen LogP) is 0.984. The number of nitrogens with one attached hydrogen (secondary N) is 1. The fraction of sp³-hybridized carbons (Fsp3) is 0.667. The SMILES string of the molecule is CC(=O)N1CCC(C(=O)N2CC[C@H](c3ccn[nH]3)C2)CC1. The number of carbonyl (C=O) groups is 2. The van der Waals surface area contributed by atoms with Gasteiger partial charge < -0.3 is 9.80 Å². The Morgan fingerprint density at radius 3 is 2.52 bits per heavy atom. The highest BCUT2D eigenvalue weighted by atomic mass is 16.2. The second kappa shape index (κ2) is 5.87. The average Bonchev–Trinajstić information content (AvgIpc) is 3.17. The van der Waals surface area contributed by atoms with Crippen molar-refractivity contribution in [1.82, 2.24) is 20.0 Å². The lowest BCUT2D eigenvalue weighted by molar-refractivity contribution is -0.139. The largest absolute Gasteiger partial charge is 0.343 e. The molecule has 0 aliphatic carbocycles. The normalized spacial score (nSPS) is 23.6. The summed E-state index contributed by atoms with van der Waals surface area (Å²) in [6.45, 7) is 4.63. The summed E-state index contributed by atoms with van der Waals surface area (Å²) in [5, 5.41) is 6.99. The zero-order valence-electron chi connectivity index (χ0n) is 12.4. The van der Waals surface area contributed by atoms with Crippen molar-refractivity contribution < 1.29 is 9.59 Å². The highest BCUT2D eigenvalue weighted by Crippen LogP contribution is 2.28. The van der Waals surface area contributed by atoms with E-state index >= 15 is 0 Å². The molecule has 0 aromatic carbocycles. The van der Waals surface area contributed by atoms with Crippen molar-refractivity contribution in [2.75, 3.05) is 26.2 Å². The van der Waals surface area contributed by atoms with E-state index in [-0.39, 0.29) is 17.7 Å². The Hall–Kier alpha value is -1.85. The van der Waals surface area contributed by atoms with E-state index in [1.54, 1.807) is 13.1 Å². The molecule has 2 aliphatic heterocycles. The summed E-state index contributed by atoms with van der Waals surface area (Å²) in [6, 6.07) is 1.99. The molecule has 2 aliphatic rings. The Morgan fingerprint density at radius 2 is 1.90 bits per heavy atom. The highest BCUT2D eigenvalue weighted by Gasteiger charge is 2.33. The van der Waals surface area contributed by atoms with E-state index in [1.165, 1.54) is 0 Å². The molecule has 6 nitrogen and oxygen atoms in total. The zero-order chi connectivity index (χ0) is 14.8.